The number of Topliss-reactive ketones (excluding diaryl/α,β-unsaturated/α-hetero) is 1. The van der Waals surface area contributed by atoms with Crippen LogP contribution in [-0.4, -0.2) is 39.8 Å². The van der Waals surface area contributed by atoms with Gasteiger partial charge in [0, 0.05) is 43.3 Å². The molecule has 1 aliphatic heterocycles. The second-order valence-corrected chi connectivity index (χ2v) is 8.87. The first kappa shape index (κ1) is 24.2. The Hall–Kier alpha value is -3.93. The van der Waals surface area contributed by atoms with Gasteiger partial charge in [0.15, 0.2) is 0 Å². The van der Waals surface area contributed by atoms with E-state index in [1.807, 2.05) is 62.4 Å². The second kappa shape index (κ2) is 10.1. The lowest BCUT2D eigenvalue weighted by Gasteiger charge is -2.27. The molecule has 0 aliphatic carbocycles. The third kappa shape index (κ3) is 4.69. The fraction of sp³-hybridized carbons (Fsp3) is 0.276. The zero-order valence-corrected chi connectivity index (χ0v) is 20.7. The largest absolute Gasteiger partial charge is 0.507 e. The molecule has 2 aromatic carbocycles. The number of rotatable bonds is 7. The Bertz CT molecular complexity index is 1260. The number of anilines is 1. The van der Waals surface area contributed by atoms with E-state index >= 15 is 0 Å². The van der Waals surface area contributed by atoms with E-state index in [1.54, 1.807) is 18.5 Å². The van der Waals surface area contributed by atoms with Crippen LogP contribution in [-0.2, 0) is 16.1 Å². The molecular weight excluding hydrogens is 438 g/mol. The standard InChI is InChI=1S/C29H31N3O3/c1-5-31(6-2)23-13-11-22(12-14-23)26-25(27(33)24-16-19(3)9-10-20(24)4)28(34)29(35)32(26)18-21-8-7-15-30-17-21/h7-17,26,33H,5-6,18H2,1-4H3/b27-25+. The summed E-state index contributed by atoms with van der Waals surface area (Å²) in [7, 11) is 0. The molecular formula is C29H31N3O3. The molecule has 180 valence electrons. The number of amides is 1. The first-order valence-corrected chi connectivity index (χ1v) is 12.0. The lowest BCUT2D eigenvalue weighted by Crippen LogP contribution is -2.29. The van der Waals surface area contributed by atoms with Crippen LogP contribution in [0.4, 0.5) is 5.69 Å². The van der Waals surface area contributed by atoms with Crippen molar-refractivity contribution in [2.45, 2.75) is 40.3 Å². The Balaban J connectivity index is 1.86. The van der Waals surface area contributed by atoms with Gasteiger partial charge in [-0.1, -0.05) is 35.9 Å². The minimum atomic E-state index is -0.708. The van der Waals surface area contributed by atoms with E-state index in [2.05, 4.69) is 23.7 Å². The molecule has 6 nitrogen and oxygen atoms in total. The quantitative estimate of drug-likeness (QED) is 0.294. The van der Waals surface area contributed by atoms with Gasteiger partial charge < -0.3 is 14.9 Å². The number of hydrogen-bond acceptors (Lipinski definition) is 5. The van der Waals surface area contributed by atoms with Crippen LogP contribution in [0, 0.1) is 13.8 Å². The van der Waals surface area contributed by atoms with Crippen molar-refractivity contribution in [2.24, 2.45) is 0 Å². The van der Waals surface area contributed by atoms with Crippen LogP contribution in [0.2, 0.25) is 0 Å². The summed E-state index contributed by atoms with van der Waals surface area (Å²) in [5, 5.41) is 11.4. The SMILES string of the molecule is CCN(CC)c1ccc(C2/C(=C(\O)c3cc(C)ccc3C)C(=O)C(=O)N2Cc2cccnc2)cc1. The maximum atomic E-state index is 13.3. The molecule has 1 aromatic heterocycles. The number of aromatic nitrogens is 1. The first-order valence-electron chi connectivity index (χ1n) is 12.0. The van der Waals surface area contributed by atoms with Gasteiger partial charge >= 0.3 is 0 Å². The Morgan fingerprint density at radius 2 is 1.74 bits per heavy atom. The number of aryl methyl sites for hydroxylation is 2. The van der Waals surface area contributed by atoms with E-state index < -0.39 is 17.7 Å². The topological polar surface area (TPSA) is 73.7 Å². The number of aliphatic hydroxyl groups excluding tert-OH is 1. The smallest absolute Gasteiger partial charge is 0.295 e. The van der Waals surface area contributed by atoms with Gasteiger partial charge in [-0.25, -0.2) is 0 Å². The highest BCUT2D eigenvalue weighted by atomic mass is 16.3. The van der Waals surface area contributed by atoms with Crippen molar-refractivity contribution in [1.82, 2.24) is 9.88 Å². The highest BCUT2D eigenvalue weighted by Crippen LogP contribution is 2.41. The number of hydrogen-bond donors (Lipinski definition) is 1. The van der Waals surface area contributed by atoms with Crippen molar-refractivity contribution >= 4 is 23.1 Å². The van der Waals surface area contributed by atoms with Crippen molar-refractivity contribution < 1.29 is 14.7 Å². The van der Waals surface area contributed by atoms with Gasteiger partial charge in [0.25, 0.3) is 11.7 Å². The van der Waals surface area contributed by atoms with E-state index in [1.165, 1.54) is 4.90 Å². The molecule has 1 aliphatic rings. The predicted molar refractivity (Wildman–Crippen MR) is 138 cm³/mol. The van der Waals surface area contributed by atoms with Crippen molar-refractivity contribution in [3.63, 3.8) is 0 Å². The van der Waals surface area contributed by atoms with Crippen LogP contribution in [0.3, 0.4) is 0 Å². The predicted octanol–water partition coefficient (Wildman–Crippen LogP) is 5.17. The summed E-state index contributed by atoms with van der Waals surface area (Å²) in [5.41, 5.74) is 5.13. The average Bonchev–Trinajstić information content (AvgIpc) is 3.12. The number of ketones is 1. The normalized spacial score (nSPS) is 17.1. The van der Waals surface area contributed by atoms with Crippen LogP contribution >= 0.6 is 0 Å². The molecule has 0 radical (unpaired) electrons. The summed E-state index contributed by atoms with van der Waals surface area (Å²) in [6, 6.07) is 16.6. The van der Waals surface area contributed by atoms with Crippen molar-refractivity contribution in [2.75, 3.05) is 18.0 Å². The number of nitrogens with zero attached hydrogens (tertiary/aromatic N) is 3. The van der Waals surface area contributed by atoms with E-state index in [9.17, 15) is 14.7 Å². The molecule has 0 saturated carbocycles. The van der Waals surface area contributed by atoms with Crippen LogP contribution in [0.1, 0.15) is 47.7 Å². The number of carbonyl (C=O) groups excluding carboxylic acids is 2. The molecule has 35 heavy (non-hydrogen) atoms. The van der Waals surface area contributed by atoms with Crippen molar-refractivity contribution in [3.05, 3.63) is 100 Å². The third-order valence-electron chi connectivity index (χ3n) is 6.60. The fourth-order valence-corrected chi connectivity index (χ4v) is 4.67. The number of aliphatic hydroxyl groups is 1. The van der Waals surface area contributed by atoms with Gasteiger partial charge in [-0.05, 0) is 68.7 Å². The Morgan fingerprint density at radius 1 is 1.03 bits per heavy atom. The molecule has 1 N–H and O–H groups in total. The summed E-state index contributed by atoms with van der Waals surface area (Å²) in [6.07, 6.45) is 3.35. The molecule has 3 aromatic rings. The number of likely N-dealkylation sites (tertiary alicyclic amines) is 1. The molecule has 4 rings (SSSR count). The first-order chi connectivity index (χ1) is 16.8. The number of pyridine rings is 1. The Morgan fingerprint density at radius 3 is 2.37 bits per heavy atom. The lowest BCUT2D eigenvalue weighted by molar-refractivity contribution is -0.140. The Kier molecular flexibility index (Phi) is 7.01. The lowest BCUT2D eigenvalue weighted by atomic mass is 9.93. The van der Waals surface area contributed by atoms with Crippen LogP contribution in [0.15, 0.2) is 72.6 Å². The van der Waals surface area contributed by atoms with E-state index in [-0.39, 0.29) is 17.9 Å². The Labute approximate surface area is 206 Å². The third-order valence-corrected chi connectivity index (χ3v) is 6.60. The summed E-state index contributed by atoms with van der Waals surface area (Å²) in [5.74, 6) is -1.44. The number of carbonyl (C=O) groups is 2. The molecule has 1 atom stereocenters. The zero-order valence-electron chi connectivity index (χ0n) is 20.7. The molecule has 1 amide bonds. The second-order valence-electron chi connectivity index (χ2n) is 8.87. The van der Waals surface area contributed by atoms with Crippen LogP contribution in [0.25, 0.3) is 5.76 Å². The molecule has 2 heterocycles. The van der Waals surface area contributed by atoms with Crippen LogP contribution in [0.5, 0.6) is 0 Å². The van der Waals surface area contributed by atoms with Gasteiger partial charge in [0.05, 0.1) is 11.6 Å². The molecule has 1 saturated heterocycles. The van der Waals surface area contributed by atoms with Gasteiger partial charge in [0.1, 0.15) is 5.76 Å². The maximum Gasteiger partial charge on any atom is 0.295 e. The highest BCUT2D eigenvalue weighted by molar-refractivity contribution is 6.46. The minimum absolute atomic E-state index is 0.114. The molecule has 1 unspecified atom stereocenters. The molecule has 6 heteroatoms. The van der Waals surface area contributed by atoms with Gasteiger partial charge in [0.2, 0.25) is 0 Å². The van der Waals surface area contributed by atoms with E-state index in [4.69, 9.17) is 0 Å². The van der Waals surface area contributed by atoms with E-state index in [0.717, 1.165) is 41.0 Å². The van der Waals surface area contributed by atoms with Gasteiger partial charge in [-0.15, -0.1) is 0 Å². The summed E-state index contributed by atoms with van der Waals surface area (Å²) < 4.78 is 0. The van der Waals surface area contributed by atoms with Crippen molar-refractivity contribution in [3.8, 4) is 0 Å². The highest BCUT2D eigenvalue weighted by Gasteiger charge is 2.46. The van der Waals surface area contributed by atoms with Crippen LogP contribution < -0.4 is 4.90 Å². The maximum absolute atomic E-state index is 13.3. The van der Waals surface area contributed by atoms with Gasteiger partial charge in [-0.3, -0.25) is 14.6 Å². The zero-order chi connectivity index (χ0) is 25.1. The molecule has 1 fully saturated rings. The summed E-state index contributed by atoms with van der Waals surface area (Å²) in [6.45, 7) is 9.98. The average molecular weight is 470 g/mol. The monoisotopic (exact) mass is 469 g/mol. The molecule has 0 spiro atoms. The summed E-state index contributed by atoms with van der Waals surface area (Å²) in [4.78, 5) is 34.5. The van der Waals surface area contributed by atoms with Crippen molar-refractivity contribution in [1.29, 1.82) is 0 Å². The minimum Gasteiger partial charge on any atom is -0.507 e. The number of benzene rings is 2. The van der Waals surface area contributed by atoms with E-state index in [0.29, 0.717) is 5.56 Å². The summed E-state index contributed by atoms with van der Waals surface area (Å²) >= 11 is 0. The molecule has 0 bridgehead atoms. The van der Waals surface area contributed by atoms with Gasteiger partial charge in [-0.2, -0.15) is 0 Å². The fourth-order valence-electron chi connectivity index (χ4n) is 4.67.